The number of aromatic amines is 1. The number of benzene rings is 3. The van der Waals surface area contributed by atoms with Gasteiger partial charge in [-0.2, -0.15) is 4.98 Å². The number of sulfonamides is 1. The fourth-order valence-corrected chi connectivity index (χ4v) is 13.5. The Kier molecular flexibility index (Phi) is 12.9. The zero-order valence-electron chi connectivity index (χ0n) is 41.5. The van der Waals surface area contributed by atoms with Gasteiger partial charge in [0.15, 0.2) is 17.2 Å². The van der Waals surface area contributed by atoms with Crippen LogP contribution >= 0.6 is 0 Å². The zero-order chi connectivity index (χ0) is 49.9. The lowest BCUT2D eigenvalue weighted by Gasteiger charge is -2.56. The Morgan fingerprint density at radius 2 is 1.75 bits per heavy atom. The molecular formula is C55H67N7O9S. The van der Waals surface area contributed by atoms with Gasteiger partial charge in [-0.25, -0.2) is 13.1 Å². The number of likely N-dealkylation sites (tertiary alicyclic amines) is 1. The van der Waals surface area contributed by atoms with Crippen molar-refractivity contribution in [2.45, 2.75) is 139 Å². The minimum absolute atomic E-state index is 0.0000739. The Labute approximate surface area is 421 Å². The maximum Gasteiger partial charge on any atom is 0.297 e. The van der Waals surface area contributed by atoms with Gasteiger partial charge < -0.3 is 34.5 Å². The molecular weight excluding hydrogens is 935 g/mol. The van der Waals surface area contributed by atoms with Crippen LogP contribution in [0.25, 0.3) is 11.0 Å². The van der Waals surface area contributed by atoms with Crippen LogP contribution in [-0.2, 0) is 10.0 Å². The summed E-state index contributed by atoms with van der Waals surface area (Å²) in [7, 11) is -4.70. The number of aliphatic hydroxyl groups is 1. The van der Waals surface area contributed by atoms with E-state index in [1.165, 1.54) is 42.9 Å². The molecule has 1 spiro atoms. The lowest BCUT2D eigenvalue weighted by molar-refractivity contribution is -0.384. The van der Waals surface area contributed by atoms with Gasteiger partial charge in [0.1, 0.15) is 18.0 Å². The largest absolute Gasteiger partial charge is 0.489 e. The molecule has 72 heavy (non-hydrogen) atoms. The molecule has 0 radical (unpaired) electrons. The lowest BCUT2D eigenvalue weighted by atomic mass is 9.59. The van der Waals surface area contributed by atoms with E-state index in [1.54, 1.807) is 24.4 Å². The van der Waals surface area contributed by atoms with E-state index in [4.69, 9.17) is 19.2 Å². The number of amides is 1. The summed E-state index contributed by atoms with van der Waals surface area (Å²) in [6.07, 6.45) is 14.5. The Morgan fingerprint density at radius 3 is 2.49 bits per heavy atom. The number of ether oxygens (including phenoxy) is 3. The summed E-state index contributed by atoms with van der Waals surface area (Å²) in [5.74, 6) is 0.637. The number of anilines is 2. The molecule has 4 N–H and O–H groups in total. The molecule has 2 aromatic heterocycles. The first-order valence-corrected chi connectivity index (χ1v) is 27.6. The molecule has 5 fully saturated rings. The Balaban J connectivity index is 0.838. The summed E-state index contributed by atoms with van der Waals surface area (Å²) in [4.78, 5) is 38.8. The van der Waals surface area contributed by atoms with Crippen LogP contribution in [0.2, 0.25) is 0 Å². The molecule has 2 saturated heterocycles. The molecule has 0 unspecified atom stereocenters. The summed E-state index contributed by atoms with van der Waals surface area (Å²) < 4.78 is 49.5. The second-order valence-electron chi connectivity index (χ2n) is 22.2. The molecule has 1 amide bonds. The van der Waals surface area contributed by atoms with Crippen LogP contribution in [0.3, 0.4) is 0 Å². The first-order chi connectivity index (χ1) is 34.6. The monoisotopic (exact) mass is 1000 g/mol. The molecule has 3 aromatic carbocycles. The standard InChI is InChI=1S/C55H67N7O9S/c1-34(2)41-10-4-5-11-42(41)45-12-7-23-61(45)39-30-55(31-39)20-24-60(25-21-55)38-13-14-43(47(27-38)71-49-26-37-17-22-56-51(37)58-53(49)70-32-35-8-6-9-35)52(63)59-72(67,68)40-28-46(62(65)66)50-48(29-40)69-33-44(57-50)36-15-18-54(3,64)19-16-36/h4-5,10-11,13-14,17,22,26-29,34-36,39,44-45,57,64H,6-9,12,15-16,18-21,23-25,30-33H2,1-3H3,(H,56,58)(H,59,63)/t36-,44-,45-,54-/m1/s1. The Morgan fingerprint density at radius 1 is 0.972 bits per heavy atom. The molecule has 382 valence electrons. The molecule has 5 heterocycles. The number of carbonyl (C=O) groups excluding carboxylic acids is 1. The van der Waals surface area contributed by atoms with Crippen LogP contribution in [0.1, 0.15) is 138 Å². The fraction of sp³-hybridized carbons (Fsp3) is 0.527. The third-order valence-electron chi connectivity index (χ3n) is 17.1. The van der Waals surface area contributed by atoms with Crippen molar-refractivity contribution in [1.82, 2.24) is 19.6 Å². The molecule has 11 rings (SSSR count). The summed E-state index contributed by atoms with van der Waals surface area (Å²) in [6, 6.07) is 20.8. The lowest BCUT2D eigenvalue weighted by Crippen LogP contribution is -2.54. The second-order valence-corrected chi connectivity index (χ2v) is 23.9. The van der Waals surface area contributed by atoms with E-state index in [2.05, 4.69) is 62.9 Å². The number of carbonyl (C=O) groups is 1. The minimum Gasteiger partial charge on any atom is -0.489 e. The molecule has 2 atom stereocenters. The van der Waals surface area contributed by atoms with Gasteiger partial charge in [0.25, 0.3) is 27.5 Å². The highest BCUT2D eigenvalue weighted by Gasteiger charge is 2.50. The van der Waals surface area contributed by atoms with Gasteiger partial charge in [-0.3, -0.25) is 19.8 Å². The number of nitrogens with one attached hydrogen (secondary N) is 3. The van der Waals surface area contributed by atoms with Crippen LogP contribution in [-0.4, -0.2) is 89.8 Å². The van der Waals surface area contributed by atoms with E-state index in [1.807, 2.05) is 19.1 Å². The molecule has 3 aliphatic heterocycles. The van der Waals surface area contributed by atoms with Crippen molar-refractivity contribution in [2.75, 3.05) is 43.1 Å². The highest BCUT2D eigenvalue weighted by molar-refractivity contribution is 7.90. The quantitative estimate of drug-likeness (QED) is 0.0605. The van der Waals surface area contributed by atoms with Crippen LogP contribution < -0.4 is 29.1 Å². The van der Waals surface area contributed by atoms with Gasteiger partial charge in [0.05, 0.1) is 33.6 Å². The number of hydrogen-bond donors (Lipinski definition) is 4. The molecule has 16 nitrogen and oxygen atoms in total. The predicted octanol–water partition coefficient (Wildman–Crippen LogP) is 10.4. The third kappa shape index (κ3) is 9.59. The number of rotatable bonds is 14. The number of aromatic nitrogens is 2. The predicted molar refractivity (Wildman–Crippen MR) is 275 cm³/mol. The molecule has 3 saturated carbocycles. The molecule has 6 aliphatic rings. The molecule has 5 aromatic rings. The average molecular weight is 1000 g/mol. The van der Waals surface area contributed by atoms with Crippen molar-refractivity contribution in [2.24, 2.45) is 17.3 Å². The number of piperidine rings is 1. The van der Waals surface area contributed by atoms with E-state index in [0.717, 1.165) is 68.9 Å². The fourth-order valence-electron chi connectivity index (χ4n) is 12.5. The number of fused-ring (bicyclic) bond motifs is 2. The van der Waals surface area contributed by atoms with E-state index in [0.29, 0.717) is 61.9 Å². The SMILES string of the molecule is CC(C)c1ccccc1[C@H]1CCCN1C1CC2(CCN(c3ccc(C(=O)NS(=O)(=O)c4cc5c(c([N+](=O)[O-])c4)N[C@@H]([C@H]4CC[C@](C)(O)CC4)CO5)c(Oc4cc5cc[nH]c5nc4OCC4CCC4)c3)CC2)C1. The maximum atomic E-state index is 14.4. The highest BCUT2D eigenvalue weighted by atomic mass is 32.2. The van der Waals surface area contributed by atoms with Crippen LogP contribution in [0, 0.1) is 27.4 Å². The maximum absolute atomic E-state index is 14.4. The average Bonchev–Trinajstić information content (AvgIpc) is 4.02. The number of nitrogens with zero attached hydrogens (tertiary/aromatic N) is 4. The van der Waals surface area contributed by atoms with E-state index in [9.17, 15) is 28.4 Å². The van der Waals surface area contributed by atoms with Crippen molar-refractivity contribution in [3.8, 4) is 23.1 Å². The van der Waals surface area contributed by atoms with Gasteiger partial charge in [0.2, 0.25) is 0 Å². The van der Waals surface area contributed by atoms with Gasteiger partial charge in [0, 0.05) is 60.6 Å². The second kappa shape index (κ2) is 19.2. The minimum atomic E-state index is -4.70. The van der Waals surface area contributed by atoms with Gasteiger partial charge in [-0.05, 0) is 149 Å². The first kappa shape index (κ1) is 48.4. The summed E-state index contributed by atoms with van der Waals surface area (Å²) in [5.41, 5.74) is 3.45. The zero-order valence-corrected chi connectivity index (χ0v) is 42.3. The third-order valence-corrected chi connectivity index (χ3v) is 18.4. The number of pyridine rings is 1. The normalized spacial score (nSPS) is 24.5. The van der Waals surface area contributed by atoms with Crippen molar-refractivity contribution < 1.29 is 37.5 Å². The molecule has 17 heteroatoms. The number of hydrogen-bond acceptors (Lipinski definition) is 13. The van der Waals surface area contributed by atoms with Crippen LogP contribution in [0.4, 0.5) is 17.1 Å². The highest BCUT2D eigenvalue weighted by Crippen LogP contribution is 2.55. The molecule has 3 aliphatic carbocycles. The van der Waals surface area contributed by atoms with Crippen molar-refractivity contribution in [3.05, 3.63) is 99.7 Å². The van der Waals surface area contributed by atoms with Gasteiger partial charge in [-0.15, -0.1) is 0 Å². The Bertz CT molecular complexity index is 2960. The van der Waals surface area contributed by atoms with E-state index in [-0.39, 0.29) is 58.4 Å². The van der Waals surface area contributed by atoms with E-state index >= 15 is 0 Å². The smallest absolute Gasteiger partial charge is 0.297 e. The molecule has 0 bridgehead atoms. The number of nitro groups is 1. The topological polar surface area (TPSA) is 201 Å². The van der Waals surface area contributed by atoms with Gasteiger partial charge in [-0.1, -0.05) is 44.5 Å². The van der Waals surface area contributed by atoms with E-state index < -0.39 is 37.0 Å². The van der Waals surface area contributed by atoms with Crippen molar-refractivity contribution >= 4 is 44.0 Å². The van der Waals surface area contributed by atoms with Crippen LogP contribution in [0.15, 0.2) is 77.8 Å². The Hall–Kier alpha value is -5.91. The summed E-state index contributed by atoms with van der Waals surface area (Å²) >= 11 is 0. The number of nitro benzene ring substituents is 1. The summed E-state index contributed by atoms with van der Waals surface area (Å²) in [6.45, 7) is 9.77. The first-order valence-electron chi connectivity index (χ1n) is 26.1. The summed E-state index contributed by atoms with van der Waals surface area (Å²) in [5, 5.41) is 27.0. The van der Waals surface area contributed by atoms with Crippen LogP contribution in [0.5, 0.6) is 23.1 Å². The van der Waals surface area contributed by atoms with Gasteiger partial charge >= 0.3 is 0 Å². The van der Waals surface area contributed by atoms with Crippen molar-refractivity contribution in [3.63, 3.8) is 0 Å². The van der Waals surface area contributed by atoms with Crippen molar-refractivity contribution in [1.29, 1.82) is 0 Å². The number of H-pyrrole nitrogens is 1.